The van der Waals surface area contributed by atoms with Crippen molar-refractivity contribution in [1.29, 1.82) is 0 Å². The predicted octanol–water partition coefficient (Wildman–Crippen LogP) is 3.17. The highest BCUT2D eigenvalue weighted by Gasteiger charge is 2.25. The molecular weight excluding hydrogens is 331 g/mol. The smallest absolute Gasteiger partial charge is 0.493 e. The SMILES string of the molecule is COc1ccccc1Oc1nc([N+](=O)[O-])nn1Cc1ccccc1F. The van der Waals surface area contributed by atoms with E-state index < -0.39 is 16.7 Å². The molecule has 0 radical (unpaired) electrons. The Morgan fingerprint density at radius 2 is 1.84 bits per heavy atom. The zero-order valence-electron chi connectivity index (χ0n) is 13.1. The van der Waals surface area contributed by atoms with Gasteiger partial charge in [-0.3, -0.25) is 0 Å². The van der Waals surface area contributed by atoms with Crippen LogP contribution in [0.15, 0.2) is 48.5 Å². The zero-order chi connectivity index (χ0) is 17.8. The van der Waals surface area contributed by atoms with E-state index in [1.54, 1.807) is 42.5 Å². The molecule has 0 fully saturated rings. The average Bonchev–Trinajstić information content (AvgIpc) is 3.00. The molecule has 0 saturated heterocycles. The number of hydrogen-bond donors (Lipinski definition) is 0. The van der Waals surface area contributed by atoms with Crippen LogP contribution in [-0.4, -0.2) is 26.8 Å². The number of aromatic nitrogens is 3. The molecule has 128 valence electrons. The predicted molar refractivity (Wildman–Crippen MR) is 85.2 cm³/mol. The van der Waals surface area contributed by atoms with Gasteiger partial charge < -0.3 is 19.6 Å². The van der Waals surface area contributed by atoms with E-state index in [-0.39, 0.29) is 12.6 Å². The summed E-state index contributed by atoms with van der Waals surface area (Å²) in [6, 6.07) is 12.7. The van der Waals surface area contributed by atoms with Crippen molar-refractivity contribution in [2.24, 2.45) is 0 Å². The van der Waals surface area contributed by atoms with Crippen LogP contribution < -0.4 is 9.47 Å². The molecule has 0 spiro atoms. The molecule has 8 nitrogen and oxygen atoms in total. The van der Waals surface area contributed by atoms with Crippen molar-refractivity contribution >= 4 is 5.95 Å². The fourth-order valence-corrected chi connectivity index (χ4v) is 2.16. The van der Waals surface area contributed by atoms with Crippen LogP contribution in [0.5, 0.6) is 17.5 Å². The molecule has 1 heterocycles. The zero-order valence-corrected chi connectivity index (χ0v) is 13.1. The van der Waals surface area contributed by atoms with E-state index in [4.69, 9.17) is 9.47 Å². The number of nitro groups is 1. The highest BCUT2D eigenvalue weighted by Crippen LogP contribution is 2.31. The molecule has 2 aromatic carbocycles. The normalized spacial score (nSPS) is 10.5. The van der Waals surface area contributed by atoms with Gasteiger partial charge in [-0.1, -0.05) is 30.3 Å². The number of rotatable bonds is 6. The number of methoxy groups -OCH3 is 1. The van der Waals surface area contributed by atoms with Gasteiger partial charge in [0.05, 0.1) is 13.7 Å². The second kappa shape index (κ2) is 6.95. The molecule has 0 unspecified atom stereocenters. The van der Waals surface area contributed by atoms with Gasteiger partial charge in [-0.05, 0) is 28.1 Å². The number of para-hydroxylation sites is 2. The maximum atomic E-state index is 13.9. The molecule has 0 amide bonds. The Kier molecular flexibility index (Phi) is 4.55. The molecule has 0 aliphatic heterocycles. The minimum atomic E-state index is -0.743. The van der Waals surface area contributed by atoms with Crippen LogP contribution in [0.1, 0.15) is 5.56 Å². The minimum absolute atomic E-state index is 0.0714. The summed E-state index contributed by atoms with van der Waals surface area (Å²) in [6.07, 6.45) is 0. The molecule has 9 heteroatoms. The van der Waals surface area contributed by atoms with Gasteiger partial charge in [0.1, 0.15) is 5.82 Å². The van der Waals surface area contributed by atoms with Gasteiger partial charge in [-0.25, -0.2) is 4.39 Å². The third-order valence-corrected chi connectivity index (χ3v) is 3.34. The van der Waals surface area contributed by atoms with Gasteiger partial charge in [0.25, 0.3) is 0 Å². The Hall–Kier alpha value is -3.49. The van der Waals surface area contributed by atoms with E-state index in [1.807, 2.05) is 0 Å². The van der Waals surface area contributed by atoms with Gasteiger partial charge in [0.15, 0.2) is 11.5 Å². The molecule has 0 aliphatic carbocycles. The Balaban J connectivity index is 1.97. The third kappa shape index (κ3) is 3.55. The van der Waals surface area contributed by atoms with E-state index >= 15 is 0 Å². The van der Waals surface area contributed by atoms with Crippen LogP contribution in [0.25, 0.3) is 0 Å². The quantitative estimate of drug-likeness (QED) is 0.504. The maximum Gasteiger partial charge on any atom is 0.494 e. The lowest BCUT2D eigenvalue weighted by Crippen LogP contribution is -2.06. The first-order valence-corrected chi connectivity index (χ1v) is 7.22. The molecule has 0 N–H and O–H groups in total. The molecule has 25 heavy (non-hydrogen) atoms. The summed E-state index contributed by atoms with van der Waals surface area (Å²) in [5, 5.41) is 14.7. The fourth-order valence-electron chi connectivity index (χ4n) is 2.16. The molecule has 0 bridgehead atoms. The number of hydrogen-bond acceptors (Lipinski definition) is 6. The van der Waals surface area contributed by atoms with E-state index in [0.717, 1.165) is 4.68 Å². The summed E-state index contributed by atoms with van der Waals surface area (Å²) in [6.45, 7) is -0.0714. The van der Waals surface area contributed by atoms with Crippen molar-refractivity contribution in [3.8, 4) is 17.5 Å². The Morgan fingerprint density at radius 1 is 1.16 bits per heavy atom. The molecule has 3 rings (SSSR count). The number of halogens is 1. The van der Waals surface area contributed by atoms with Gasteiger partial charge >= 0.3 is 12.0 Å². The van der Waals surface area contributed by atoms with E-state index in [0.29, 0.717) is 17.1 Å². The third-order valence-electron chi connectivity index (χ3n) is 3.34. The first kappa shape index (κ1) is 16.4. The van der Waals surface area contributed by atoms with Crippen molar-refractivity contribution in [3.63, 3.8) is 0 Å². The van der Waals surface area contributed by atoms with Crippen LogP contribution in [0.4, 0.5) is 10.3 Å². The summed E-state index contributed by atoms with van der Waals surface area (Å²) in [4.78, 5) is 14.0. The summed E-state index contributed by atoms with van der Waals surface area (Å²) in [5.74, 6) is -0.363. The first-order valence-electron chi connectivity index (χ1n) is 7.22. The van der Waals surface area contributed by atoms with Crippen molar-refractivity contribution in [3.05, 3.63) is 70.0 Å². The fraction of sp³-hybridized carbons (Fsp3) is 0.125. The standard InChI is InChI=1S/C16H13FN4O4/c1-24-13-8-4-5-9-14(13)25-16-18-15(21(22)23)19-20(16)10-11-6-2-3-7-12(11)17/h2-9H,10H2,1H3. The van der Waals surface area contributed by atoms with Gasteiger partial charge in [-0.2, -0.15) is 0 Å². The lowest BCUT2D eigenvalue weighted by Gasteiger charge is -2.07. The number of benzene rings is 2. The second-order valence-corrected chi connectivity index (χ2v) is 4.95. The lowest BCUT2D eigenvalue weighted by atomic mass is 10.2. The Bertz CT molecular complexity index is 913. The summed E-state index contributed by atoms with van der Waals surface area (Å²) in [7, 11) is 1.47. The van der Waals surface area contributed by atoms with Crippen LogP contribution >= 0.6 is 0 Å². The van der Waals surface area contributed by atoms with Crippen LogP contribution in [0, 0.1) is 15.9 Å². The van der Waals surface area contributed by atoms with Crippen molar-refractivity contribution < 1.29 is 18.8 Å². The number of nitrogens with zero attached hydrogens (tertiary/aromatic N) is 4. The lowest BCUT2D eigenvalue weighted by molar-refractivity contribution is -0.394. The van der Waals surface area contributed by atoms with E-state index in [2.05, 4.69) is 10.1 Å². The minimum Gasteiger partial charge on any atom is -0.493 e. The van der Waals surface area contributed by atoms with Crippen LogP contribution in [0.2, 0.25) is 0 Å². The van der Waals surface area contributed by atoms with Crippen molar-refractivity contribution in [2.75, 3.05) is 7.11 Å². The molecule has 0 saturated carbocycles. The van der Waals surface area contributed by atoms with Crippen molar-refractivity contribution in [2.45, 2.75) is 6.54 Å². The van der Waals surface area contributed by atoms with Gasteiger partial charge in [0.2, 0.25) is 0 Å². The topological polar surface area (TPSA) is 92.3 Å². The summed E-state index contributed by atoms with van der Waals surface area (Å²) < 4.78 is 25.8. The molecule has 1 aromatic heterocycles. The van der Waals surface area contributed by atoms with Crippen LogP contribution in [0.3, 0.4) is 0 Å². The number of ether oxygens (including phenoxy) is 2. The largest absolute Gasteiger partial charge is 0.494 e. The molecular formula is C16H13FN4O4. The monoisotopic (exact) mass is 344 g/mol. The van der Waals surface area contributed by atoms with Crippen molar-refractivity contribution in [1.82, 2.24) is 14.8 Å². The van der Waals surface area contributed by atoms with Gasteiger partial charge in [0, 0.05) is 10.7 Å². The first-order chi connectivity index (χ1) is 12.1. The Labute approximate surface area is 141 Å². The van der Waals surface area contributed by atoms with Gasteiger partial charge in [-0.15, -0.1) is 4.68 Å². The summed E-state index contributed by atoms with van der Waals surface area (Å²) in [5.41, 5.74) is 0.298. The second-order valence-electron chi connectivity index (χ2n) is 4.95. The molecule has 3 aromatic rings. The van der Waals surface area contributed by atoms with E-state index in [1.165, 1.54) is 13.2 Å². The highest BCUT2D eigenvalue weighted by atomic mass is 19.1. The van der Waals surface area contributed by atoms with Crippen LogP contribution in [-0.2, 0) is 6.54 Å². The molecule has 0 atom stereocenters. The average molecular weight is 344 g/mol. The molecule has 0 aliphatic rings. The highest BCUT2D eigenvalue weighted by molar-refractivity contribution is 5.41. The van der Waals surface area contributed by atoms with E-state index in [9.17, 15) is 14.5 Å². The Morgan fingerprint density at radius 3 is 2.52 bits per heavy atom. The summed E-state index contributed by atoms with van der Waals surface area (Å²) >= 11 is 0. The maximum absolute atomic E-state index is 13.9.